The summed E-state index contributed by atoms with van der Waals surface area (Å²) in [6, 6.07) is 0. The largest absolute Gasteiger partial charge is 0.396 e. The summed E-state index contributed by atoms with van der Waals surface area (Å²) in [6.07, 6.45) is -5.06. The quantitative estimate of drug-likeness (QED) is 0.0275. The predicted molar refractivity (Wildman–Crippen MR) is 190 cm³/mol. The Hall–Kier alpha value is -0.920. The van der Waals surface area contributed by atoms with E-state index in [1.807, 2.05) is 0 Å². The Balaban J connectivity index is 0. The van der Waals surface area contributed by atoms with Crippen LogP contribution in [0.4, 0.5) is 0 Å². The third kappa shape index (κ3) is 23.0. The summed E-state index contributed by atoms with van der Waals surface area (Å²) < 4.78 is 38.0. The third-order valence-electron chi connectivity index (χ3n) is 8.40. The molecule has 0 atom stereocenters. The summed E-state index contributed by atoms with van der Waals surface area (Å²) in [4.78, 5) is 0. The minimum atomic E-state index is -1.24. The van der Waals surface area contributed by atoms with Gasteiger partial charge in [-0.2, -0.15) is 0 Å². The third-order valence-corrected chi connectivity index (χ3v) is 8.40. The fraction of sp³-hybridized carbons (Fsp3) is 1.00. The average Bonchev–Trinajstić information content (AvgIpc) is 3.24. The zero-order valence-corrected chi connectivity index (χ0v) is 31.9. The van der Waals surface area contributed by atoms with Crippen molar-refractivity contribution in [3.05, 3.63) is 0 Å². The van der Waals surface area contributed by atoms with E-state index >= 15 is 0 Å². The van der Waals surface area contributed by atoms with Gasteiger partial charge in [0, 0.05) is 0 Å². The molecule has 0 rings (SSSR count). The second-order valence-electron chi connectivity index (χ2n) is 13.4. The SMILES string of the molecule is OCC(CO)(CO)COCC(CO)(CO)COCC(CO)(CO)CO.OCC(CO)OCC(COC(CO)CO)OC(COC(CO)CO)COC(CO)CO. The second kappa shape index (κ2) is 34.9. The van der Waals surface area contributed by atoms with Crippen LogP contribution in [0.1, 0.15) is 0 Å². The molecule has 0 aromatic rings. The number of aliphatic hydroxyl groups is 16. The van der Waals surface area contributed by atoms with E-state index in [4.69, 9.17) is 74.0 Å². The number of hydrogen-bond acceptors (Lipinski definition) is 23. The highest BCUT2D eigenvalue weighted by Gasteiger charge is 2.35. The normalized spacial score (nSPS) is 13.0. The molecule has 0 aromatic carbocycles. The molecule has 0 bridgehead atoms. The second-order valence-corrected chi connectivity index (χ2v) is 13.4. The van der Waals surface area contributed by atoms with E-state index in [-0.39, 0.29) is 52.9 Å². The minimum absolute atomic E-state index is 0.140. The van der Waals surface area contributed by atoms with Crippen LogP contribution in [0.3, 0.4) is 0 Å². The zero-order valence-electron chi connectivity index (χ0n) is 31.9. The molecule has 0 heterocycles. The first-order chi connectivity index (χ1) is 26.9. The van der Waals surface area contributed by atoms with Crippen molar-refractivity contribution in [3.8, 4) is 0 Å². The predicted octanol–water partition coefficient (Wildman–Crippen LogP) is -8.86. The topological polar surface area (TPSA) is 388 Å². The standard InChI is InChI=1S/C18H38O13.C15H32O10/c19-1-13(2-20)27-9-17(10-28-14(3-21)4-22)31-18(11-29-15(5-23)6-24)12-30-16(7-25)8-26;16-1-13(2-17,3-18)9-24-11-15(7-22,8-23)12-25-10-14(4-19,5-20)6-21/h13-26H,1-12H2;16-23H,1-12H2. The van der Waals surface area contributed by atoms with Gasteiger partial charge in [-0.05, 0) is 0 Å². The highest BCUT2D eigenvalue weighted by atomic mass is 16.6. The summed E-state index contributed by atoms with van der Waals surface area (Å²) in [5.41, 5.74) is -3.69. The van der Waals surface area contributed by atoms with Crippen LogP contribution in [0.15, 0.2) is 0 Å². The van der Waals surface area contributed by atoms with Crippen molar-refractivity contribution in [1.29, 1.82) is 0 Å². The van der Waals surface area contributed by atoms with Gasteiger partial charge in [0.2, 0.25) is 0 Å². The van der Waals surface area contributed by atoms with E-state index < -0.39 is 159 Å². The fourth-order valence-electron chi connectivity index (χ4n) is 3.97. The van der Waals surface area contributed by atoms with Gasteiger partial charge < -0.3 is 115 Å². The lowest BCUT2D eigenvalue weighted by atomic mass is 9.90. The monoisotopic (exact) mass is 834 g/mol. The summed E-state index contributed by atoms with van der Waals surface area (Å²) in [5, 5.41) is 148. The van der Waals surface area contributed by atoms with Crippen LogP contribution in [-0.2, 0) is 33.2 Å². The molecule has 0 radical (unpaired) electrons. The van der Waals surface area contributed by atoms with Crippen LogP contribution in [0.5, 0.6) is 0 Å². The van der Waals surface area contributed by atoms with E-state index in [2.05, 4.69) is 0 Å². The average molecular weight is 835 g/mol. The number of ether oxygens (including phenoxy) is 7. The van der Waals surface area contributed by atoms with Gasteiger partial charge in [0.1, 0.15) is 36.6 Å². The van der Waals surface area contributed by atoms with Gasteiger partial charge in [-0.3, -0.25) is 0 Å². The first-order valence-corrected chi connectivity index (χ1v) is 17.9. The van der Waals surface area contributed by atoms with E-state index in [0.29, 0.717) is 0 Å². The Bertz CT molecular complexity index is 723. The van der Waals surface area contributed by atoms with Gasteiger partial charge in [0.25, 0.3) is 0 Å². The Labute approximate surface area is 326 Å². The van der Waals surface area contributed by atoms with Gasteiger partial charge in [-0.1, -0.05) is 0 Å². The molecule has 0 aliphatic carbocycles. The van der Waals surface area contributed by atoms with Crippen molar-refractivity contribution in [2.45, 2.75) is 36.6 Å². The molecule has 23 nitrogen and oxygen atoms in total. The Morgan fingerprint density at radius 3 is 0.643 bits per heavy atom. The first kappa shape index (κ1) is 57.2. The van der Waals surface area contributed by atoms with Gasteiger partial charge >= 0.3 is 0 Å². The molecule has 56 heavy (non-hydrogen) atoms. The molecule has 0 saturated carbocycles. The highest BCUT2D eigenvalue weighted by Crippen LogP contribution is 2.23. The van der Waals surface area contributed by atoms with Gasteiger partial charge in [0.05, 0.1) is 175 Å². The van der Waals surface area contributed by atoms with Crippen LogP contribution in [0.25, 0.3) is 0 Å². The van der Waals surface area contributed by atoms with Crippen molar-refractivity contribution in [2.24, 2.45) is 16.2 Å². The van der Waals surface area contributed by atoms with Crippen molar-refractivity contribution in [1.82, 2.24) is 0 Å². The number of rotatable bonds is 38. The maximum atomic E-state index is 9.56. The Kier molecular flexibility index (Phi) is 35.6. The highest BCUT2D eigenvalue weighted by molar-refractivity contribution is 4.82. The van der Waals surface area contributed by atoms with Gasteiger partial charge in [-0.15, -0.1) is 0 Å². The van der Waals surface area contributed by atoms with E-state index in [1.54, 1.807) is 0 Å². The lowest BCUT2D eigenvalue weighted by molar-refractivity contribution is -0.169. The maximum Gasteiger partial charge on any atom is 0.105 e. The molecule has 0 unspecified atom stereocenters. The van der Waals surface area contributed by atoms with Crippen LogP contribution >= 0.6 is 0 Å². The molecule has 16 N–H and O–H groups in total. The summed E-state index contributed by atoms with van der Waals surface area (Å²) in [7, 11) is 0. The molecule has 0 aliphatic heterocycles. The van der Waals surface area contributed by atoms with Crippen molar-refractivity contribution < 1.29 is 115 Å². The molecule has 340 valence electrons. The summed E-state index contributed by atoms with van der Waals surface area (Å²) >= 11 is 0. The van der Waals surface area contributed by atoms with Gasteiger partial charge in [0.15, 0.2) is 0 Å². The summed E-state index contributed by atoms with van der Waals surface area (Å²) in [6.45, 7) is -8.83. The minimum Gasteiger partial charge on any atom is -0.396 e. The molecule has 0 aliphatic rings. The molecule has 0 saturated heterocycles. The van der Waals surface area contributed by atoms with Crippen molar-refractivity contribution in [2.75, 3.05) is 159 Å². The van der Waals surface area contributed by atoms with Gasteiger partial charge in [-0.25, -0.2) is 0 Å². The molecule has 23 heteroatoms. The molecule has 0 aromatic heterocycles. The fourth-order valence-corrected chi connectivity index (χ4v) is 3.97. The van der Waals surface area contributed by atoms with Crippen LogP contribution in [-0.4, -0.2) is 277 Å². The molecular weight excluding hydrogens is 764 g/mol. The molecule has 0 fully saturated rings. The van der Waals surface area contributed by atoms with Crippen LogP contribution < -0.4 is 0 Å². The van der Waals surface area contributed by atoms with Crippen molar-refractivity contribution >= 4 is 0 Å². The van der Waals surface area contributed by atoms with Crippen LogP contribution in [0.2, 0.25) is 0 Å². The molecule has 0 spiro atoms. The van der Waals surface area contributed by atoms with E-state index in [9.17, 15) is 40.9 Å². The lowest BCUT2D eigenvalue weighted by Crippen LogP contribution is -2.45. The Morgan fingerprint density at radius 1 is 0.268 bits per heavy atom. The lowest BCUT2D eigenvalue weighted by Gasteiger charge is -2.34. The summed E-state index contributed by atoms with van der Waals surface area (Å²) in [5.74, 6) is 0. The number of hydrogen-bond donors (Lipinski definition) is 16. The Morgan fingerprint density at radius 2 is 0.464 bits per heavy atom. The molecular formula is C33H70O23. The van der Waals surface area contributed by atoms with E-state index in [0.717, 1.165) is 0 Å². The number of aliphatic hydroxyl groups excluding tert-OH is 16. The zero-order chi connectivity index (χ0) is 42.9. The maximum absolute atomic E-state index is 9.56. The van der Waals surface area contributed by atoms with Crippen molar-refractivity contribution in [3.63, 3.8) is 0 Å². The molecule has 0 amide bonds. The first-order valence-electron chi connectivity index (χ1n) is 17.9. The smallest absolute Gasteiger partial charge is 0.105 e. The van der Waals surface area contributed by atoms with E-state index in [1.165, 1.54) is 0 Å². The van der Waals surface area contributed by atoms with Crippen LogP contribution in [0, 0.1) is 16.2 Å².